The van der Waals surface area contributed by atoms with Crippen molar-refractivity contribution in [3.63, 3.8) is 0 Å². The molecule has 17 heavy (non-hydrogen) atoms. The molecule has 0 aromatic carbocycles. The maximum Gasteiger partial charge on any atom is 0.302 e. The Morgan fingerprint density at radius 1 is 1.53 bits per heavy atom. The molecule has 0 aliphatic heterocycles. The van der Waals surface area contributed by atoms with Crippen molar-refractivity contribution in [1.82, 2.24) is 9.97 Å². The van der Waals surface area contributed by atoms with E-state index in [0.717, 1.165) is 0 Å². The summed E-state index contributed by atoms with van der Waals surface area (Å²) in [5.74, 6) is 0.0126. The highest BCUT2D eigenvalue weighted by atomic mass is 32.2. The average molecular weight is 258 g/mol. The van der Waals surface area contributed by atoms with Gasteiger partial charge in [0.2, 0.25) is 0 Å². The summed E-state index contributed by atoms with van der Waals surface area (Å²) in [6.07, 6.45) is 1.51. The molecular weight excluding hydrogens is 244 g/mol. The Labute approximate surface area is 103 Å². The maximum atomic E-state index is 11.2. The molecule has 0 fully saturated rings. The Morgan fingerprint density at radius 3 is 2.94 bits per heavy atom. The van der Waals surface area contributed by atoms with Gasteiger partial charge in [-0.05, 0) is 6.92 Å². The zero-order chi connectivity index (χ0) is 12.7. The minimum Gasteiger partial charge on any atom is -0.463 e. The molecule has 0 amide bonds. The Balaban J connectivity index is 2.20. The van der Waals surface area contributed by atoms with Gasteiger partial charge in [0.1, 0.15) is 6.61 Å². The third kappa shape index (κ3) is 5.50. The van der Waals surface area contributed by atoms with Crippen molar-refractivity contribution < 1.29 is 14.3 Å². The molecule has 0 radical (unpaired) electrons. The number of aromatic amines is 1. The van der Waals surface area contributed by atoms with Crippen molar-refractivity contribution in [2.45, 2.75) is 19.0 Å². The highest BCUT2D eigenvalue weighted by Crippen LogP contribution is 2.09. The molecule has 94 valence electrons. The molecule has 0 unspecified atom stereocenters. The van der Waals surface area contributed by atoms with Gasteiger partial charge in [-0.25, -0.2) is 4.98 Å². The standard InChI is InChI=1S/C10H14N2O4S/c1-7-5-11-10(12-9(7)14)17-6-15-3-4-16-8(2)13/h5H,3-4,6H2,1-2H3,(H,11,12,14). The van der Waals surface area contributed by atoms with E-state index in [0.29, 0.717) is 23.3 Å². The molecule has 0 aliphatic carbocycles. The van der Waals surface area contributed by atoms with Crippen LogP contribution in [0, 0.1) is 6.92 Å². The second kappa shape index (κ2) is 7.08. The number of hydrogen-bond acceptors (Lipinski definition) is 6. The van der Waals surface area contributed by atoms with E-state index in [1.54, 1.807) is 6.92 Å². The first-order chi connectivity index (χ1) is 8.09. The monoisotopic (exact) mass is 258 g/mol. The number of carbonyl (C=O) groups excluding carboxylic acids is 1. The van der Waals surface area contributed by atoms with Crippen LogP contribution in [0.2, 0.25) is 0 Å². The second-order valence-electron chi connectivity index (χ2n) is 3.21. The van der Waals surface area contributed by atoms with Crippen molar-refractivity contribution in [2.24, 2.45) is 0 Å². The minimum atomic E-state index is -0.328. The van der Waals surface area contributed by atoms with Crippen molar-refractivity contribution in [2.75, 3.05) is 19.2 Å². The smallest absolute Gasteiger partial charge is 0.302 e. The SMILES string of the molecule is CC(=O)OCCOCSc1ncc(C)c(=O)[nH]1. The van der Waals surface area contributed by atoms with Crippen LogP contribution in [0.4, 0.5) is 0 Å². The lowest BCUT2D eigenvalue weighted by atomic mass is 10.4. The lowest BCUT2D eigenvalue weighted by Crippen LogP contribution is -2.11. The molecule has 1 rings (SSSR count). The van der Waals surface area contributed by atoms with Gasteiger partial charge >= 0.3 is 5.97 Å². The number of nitrogens with one attached hydrogen (secondary N) is 1. The molecule has 0 aliphatic rings. The molecule has 1 aromatic rings. The zero-order valence-corrected chi connectivity index (χ0v) is 10.5. The van der Waals surface area contributed by atoms with Crippen molar-refractivity contribution >= 4 is 17.7 Å². The lowest BCUT2D eigenvalue weighted by Gasteiger charge is -2.04. The Hall–Kier alpha value is -1.34. The van der Waals surface area contributed by atoms with E-state index in [2.05, 4.69) is 14.7 Å². The molecule has 1 N–H and O–H groups in total. The van der Waals surface area contributed by atoms with E-state index >= 15 is 0 Å². The Bertz CT molecular complexity index is 433. The molecule has 0 bridgehead atoms. The summed E-state index contributed by atoms with van der Waals surface area (Å²) in [7, 11) is 0. The molecule has 0 atom stereocenters. The van der Waals surface area contributed by atoms with E-state index in [9.17, 15) is 9.59 Å². The van der Waals surface area contributed by atoms with Crippen LogP contribution in [0.3, 0.4) is 0 Å². The number of nitrogens with zero attached hydrogens (tertiary/aromatic N) is 1. The molecule has 0 spiro atoms. The van der Waals surface area contributed by atoms with Gasteiger partial charge in [0, 0.05) is 18.7 Å². The molecular formula is C10H14N2O4S. The van der Waals surface area contributed by atoms with Gasteiger partial charge in [-0.2, -0.15) is 0 Å². The lowest BCUT2D eigenvalue weighted by molar-refractivity contribution is -0.142. The number of aromatic nitrogens is 2. The summed E-state index contributed by atoms with van der Waals surface area (Å²) in [5, 5.41) is 0.507. The summed E-state index contributed by atoms with van der Waals surface area (Å²) in [4.78, 5) is 28.3. The summed E-state index contributed by atoms with van der Waals surface area (Å²) in [5.41, 5.74) is 0.424. The van der Waals surface area contributed by atoms with Gasteiger partial charge in [-0.3, -0.25) is 9.59 Å². The van der Waals surface area contributed by atoms with Crippen LogP contribution in [0.5, 0.6) is 0 Å². The van der Waals surface area contributed by atoms with E-state index in [4.69, 9.17) is 4.74 Å². The number of carbonyl (C=O) groups is 1. The summed E-state index contributed by atoms with van der Waals surface area (Å²) < 4.78 is 9.86. The number of esters is 1. The van der Waals surface area contributed by atoms with Gasteiger partial charge in [0.05, 0.1) is 12.5 Å². The number of thioether (sulfide) groups is 1. The largest absolute Gasteiger partial charge is 0.463 e. The topological polar surface area (TPSA) is 81.3 Å². The van der Waals surface area contributed by atoms with Crippen molar-refractivity contribution in [1.29, 1.82) is 0 Å². The summed E-state index contributed by atoms with van der Waals surface area (Å²) >= 11 is 1.27. The van der Waals surface area contributed by atoms with E-state index < -0.39 is 0 Å². The molecule has 1 heterocycles. The third-order valence-corrected chi connectivity index (χ3v) is 2.53. The fraction of sp³-hybridized carbons (Fsp3) is 0.500. The van der Waals surface area contributed by atoms with Crippen LogP contribution >= 0.6 is 11.8 Å². The Kier molecular flexibility index (Phi) is 5.71. The van der Waals surface area contributed by atoms with Gasteiger partial charge in [-0.15, -0.1) is 0 Å². The third-order valence-electron chi connectivity index (χ3n) is 1.77. The first-order valence-electron chi connectivity index (χ1n) is 4.99. The van der Waals surface area contributed by atoms with Crippen LogP contribution in [0.1, 0.15) is 12.5 Å². The van der Waals surface area contributed by atoms with E-state index in [1.807, 2.05) is 0 Å². The van der Waals surface area contributed by atoms with Gasteiger partial charge in [0.25, 0.3) is 5.56 Å². The predicted molar refractivity (Wildman–Crippen MR) is 62.9 cm³/mol. The van der Waals surface area contributed by atoms with Crippen LogP contribution in [0.15, 0.2) is 16.1 Å². The van der Waals surface area contributed by atoms with E-state index in [-0.39, 0.29) is 18.1 Å². The first-order valence-corrected chi connectivity index (χ1v) is 5.98. The van der Waals surface area contributed by atoms with Gasteiger partial charge < -0.3 is 14.5 Å². The molecule has 0 saturated heterocycles. The van der Waals surface area contributed by atoms with Crippen LogP contribution < -0.4 is 5.56 Å². The fourth-order valence-electron chi connectivity index (χ4n) is 0.916. The maximum absolute atomic E-state index is 11.2. The Morgan fingerprint density at radius 2 is 2.29 bits per heavy atom. The fourth-order valence-corrected chi connectivity index (χ4v) is 1.52. The second-order valence-corrected chi connectivity index (χ2v) is 4.12. The number of aryl methyl sites for hydroxylation is 1. The van der Waals surface area contributed by atoms with Crippen molar-refractivity contribution in [3.8, 4) is 0 Å². The summed E-state index contributed by atoms with van der Waals surface area (Å²) in [6.45, 7) is 3.59. The van der Waals surface area contributed by atoms with Crippen molar-refractivity contribution in [3.05, 3.63) is 22.1 Å². The molecule has 1 aromatic heterocycles. The van der Waals surface area contributed by atoms with Gasteiger partial charge in [0.15, 0.2) is 5.16 Å². The average Bonchev–Trinajstić information content (AvgIpc) is 2.27. The predicted octanol–water partition coefficient (Wildman–Crippen LogP) is 0.708. The highest BCUT2D eigenvalue weighted by Gasteiger charge is 1.99. The molecule has 7 heteroatoms. The first kappa shape index (κ1) is 13.7. The zero-order valence-electron chi connectivity index (χ0n) is 9.69. The number of rotatable bonds is 6. The number of hydrogen-bond donors (Lipinski definition) is 1. The minimum absolute atomic E-state index is 0.151. The van der Waals surface area contributed by atoms with E-state index in [1.165, 1.54) is 24.9 Å². The molecule has 6 nitrogen and oxygen atoms in total. The quantitative estimate of drug-likeness (QED) is 0.266. The van der Waals surface area contributed by atoms with Crippen LogP contribution in [0.25, 0.3) is 0 Å². The van der Waals surface area contributed by atoms with Crippen LogP contribution in [-0.2, 0) is 14.3 Å². The number of H-pyrrole nitrogens is 1. The summed E-state index contributed by atoms with van der Waals surface area (Å²) in [6, 6.07) is 0. The molecule has 0 saturated carbocycles. The normalized spacial score (nSPS) is 10.2. The van der Waals surface area contributed by atoms with Gasteiger partial charge in [-0.1, -0.05) is 11.8 Å². The number of ether oxygens (including phenoxy) is 2. The van der Waals surface area contributed by atoms with Crippen LogP contribution in [-0.4, -0.2) is 35.1 Å². The highest BCUT2D eigenvalue weighted by molar-refractivity contribution is 7.99.